The molecule has 0 bridgehead atoms. The molecule has 0 saturated carbocycles. The van der Waals surface area contributed by atoms with E-state index < -0.39 is 0 Å². The Kier molecular flexibility index (Phi) is 4.97. The highest BCUT2D eigenvalue weighted by molar-refractivity contribution is 5.44. The first-order chi connectivity index (χ1) is 9.99. The highest BCUT2D eigenvalue weighted by Crippen LogP contribution is 2.24. The van der Waals surface area contributed by atoms with Crippen LogP contribution in [0.25, 0.3) is 0 Å². The van der Waals surface area contributed by atoms with Gasteiger partial charge in [0.25, 0.3) is 0 Å². The summed E-state index contributed by atoms with van der Waals surface area (Å²) in [5.41, 5.74) is 12.3. The number of rotatable bonds is 5. The van der Waals surface area contributed by atoms with Gasteiger partial charge in [0, 0.05) is 17.8 Å². The molecule has 1 aromatic carbocycles. The van der Waals surface area contributed by atoms with Crippen molar-refractivity contribution in [3.8, 4) is 0 Å². The van der Waals surface area contributed by atoms with Crippen LogP contribution in [-0.2, 0) is 6.42 Å². The number of hydrogen-bond donors (Lipinski definition) is 2. The molecule has 0 aliphatic heterocycles. The van der Waals surface area contributed by atoms with Gasteiger partial charge in [-0.05, 0) is 50.9 Å². The van der Waals surface area contributed by atoms with Crippen molar-refractivity contribution >= 4 is 5.82 Å². The van der Waals surface area contributed by atoms with Crippen LogP contribution in [0, 0.1) is 20.8 Å². The summed E-state index contributed by atoms with van der Waals surface area (Å²) in [5.74, 6) is 0.621. The van der Waals surface area contributed by atoms with Crippen molar-refractivity contribution in [2.24, 2.45) is 0 Å². The molecule has 0 saturated heterocycles. The summed E-state index contributed by atoms with van der Waals surface area (Å²) in [6.45, 7) is 9.36. The van der Waals surface area contributed by atoms with Crippen LogP contribution in [0.3, 0.4) is 0 Å². The first-order valence-corrected chi connectivity index (χ1v) is 7.52. The van der Waals surface area contributed by atoms with Crippen molar-refractivity contribution in [3.05, 3.63) is 58.3 Å². The number of pyridine rings is 1. The number of nitrogens with two attached hydrogens (primary N) is 1. The fourth-order valence-corrected chi connectivity index (χ4v) is 2.84. The number of benzene rings is 1. The number of likely N-dealkylation sites (N-methyl/N-ethyl adjacent to an activating group) is 1. The van der Waals surface area contributed by atoms with Gasteiger partial charge in [0.05, 0.1) is 0 Å². The molecule has 1 atom stereocenters. The average molecular weight is 283 g/mol. The second-order valence-corrected chi connectivity index (χ2v) is 5.80. The highest BCUT2D eigenvalue weighted by Gasteiger charge is 2.15. The number of aromatic nitrogens is 1. The smallest absolute Gasteiger partial charge is 0.128 e. The summed E-state index contributed by atoms with van der Waals surface area (Å²) in [7, 11) is 0. The zero-order chi connectivity index (χ0) is 15.4. The summed E-state index contributed by atoms with van der Waals surface area (Å²) in [5, 5.41) is 3.53. The first-order valence-electron chi connectivity index (χ1n) is 7.52. The normalized spacial score (nSPS) is 12.4. The van der Waals surface area contributed by atoms with E-state index in [4.69, 9.17) is 5.73 Å². The maximum absolute atomic E-state index is 6.08. The molecule has 0 amide bonds. The zero-order valence-electron chi connectivity index (χ0n) is 13.4. The van der Waals surface area contributed by atoms with E-state index in [1.807, 2.05) is 6.20 Å². The fraction of sp³-hybridized carbons (Fsp3) is 0.389. The van der Waals surface area contributed by atoms with Gasteiger partial charge in [-0.25, -0.2) is 4.98 Å². The SMILES string of the molecule is CCNC(Cc1cc(C)cc(C)c1)c1cc(C)cnc1N. The van der Waals surface area contributed by atoms with Crippen molar-refractivity contribution in [3.63, 3.8) is 0 Å². The van der Waals surface area contributed by atoms with E-state index in [-0.39, 0.29) is 6.04 Å². The molecule has 0 radical (unpaired) electrons. The van der Waals surface area contributed by atoms with Crippen molar-refractivity contribution in [1.82, 2.24) is 10.3 Å². The van der Waals surface area contributed by atoms with Crippen LogP contribution in [0.5, 0.6) is 0 Å². The topological polar surface area (TPSA) is 50.9 Å². The third kappa shape index (κ3) is 4.05. The molecule has 2 aromatic rings. The molecule has 3 nitrogen and oxygen atoms in total. The lowest BCUT2D eigenvalue weighted by molar-refractivity contribution is 0.549. The number of nitrogens with one attached hydrogen (secondary N) is 1. The summed E-state index contributed by atoms with van der Waals surface area (Å²) in [6, 6.07) is 9.03. The molecule has 112 valence electrons. The minimum Gasteiger partial charge on any atom is -0.383 e. The Morgan fingerprint density at radius 3 is 2.33 bits per heavy atom. The van der Waals surface area contributed by atoms with Crippen LogP contribution in [0.4, 0.5) is 5.82 Å². The summed E-state index contributed by atoms with van der Waals surface area (Å²) in [4.78, 5) is 4.30. The number of nitrogen functional groups attached to an aromatic ring is 1. The average Bonchev–Trinajstić information content (AvgIpc) is 2.40. The maximum Gasteiger partial charge on any atom is 0.128 e. The predicted molar refractivity (Wildman–Crippen MR) is 89.4 cm³/mol. The van der Waals surface area contributed by atoms with Crippen LogP contribution in [0.2, 0.25) is 0 Å². The second-order valence-electron chi connectivity index (χ2n) is 5.80. The molecule has 0 spiro atoms. The number of nitrogens with zero attached hydrogens (tertiary/aromatic N) is 1. The minimum absolute atomic E-state index is 0.198. The number of hydrogen-bond acceptors (Lipinski definition) is 3. The molecule has 1 unspecified atom stereocenters. The van der Waals surface area contributed by atoms with Gasteiger partial charge in [-0.1, -0.05) is 36.2 Å². The first kappa shape index (κ1) is 15.5. The molecule has 0 aliphatic rings. The Balaban J connectivity index is 2.32. The standard InChI is InChI=1S/C18H25N3/c1-5-20-17(16-9-14(4)11-21-18(16)19)10-15-7-12(2)6-13(3)8-15/h6-9,11,17,20H,5,10H2,1-4H3,(H2,19,21). The van der Waals surface area contributed by atoms with E-state index in [0.29, 0.717) is 5.82 Å². The molecule has 21 heavy (non-hydrogen) atoms. The predicted octanol–water partition coefficient (Wildman–Crippen LogP) is 3.48. The molecule has 3 N–H and O–H groups in total. The van der Waals surface area contributed by atoms with Crippen molar-refractivity contribution in [1.29, 1.82) is 0 Å². The molecule has 3 heteroatoms. The lowest BCUT2D eigenvalue weighted by atomic mass is 9.96. The van der Waals surface area contributed by atoms with E-state index in [1.165, 1.54) is 16.7 Å². The molecule has 0 aliphatic carbocycles. The van der Waals surface area contributed by atoms with Gasteiger partial charge in [0.15, 0.2) is 0 Å². The van der Waals surface area contributed by atoms with Crippen LogP contribution < -0.4 is 11.1 Å². The lowest BCUT2D eigenvalue weighted by Crippen LogP contribution is -2.24. The van der Waals surface area contributed by atoms with Gasteiger partial charge >= 0.3 is 0 Å². The Labute approximate surface area is 127 Å². The summed E-state index contributed by atoms with van der Waals surface area (Å²) in [6.07, 6.45) is 2.74. The maximum atomic E-state index is 6.08. The monoisotopic (exact) mass is 283 g/mol. The Morgan fingerprint density at radius 2 is 1.71 bits per heavy atom. The third-order valence-corrected chi connectivity index (χ3v) is 3.63. The van der Waals surface area contributed by atoms with Crippen LogP contribution in [0.1, 0.15) is 40.8 Å². The van der Waals surface area contributed by atoms with Gasteiger partial charge in [-0.3, -0.25) is 0 Å². The summed E-state index contributed by atoms with van der Waals surface area (Å²) >= 11 is 0. The molecule has 0 fully saturated rings. The van der Waals surface area contributed by atoms with Crippen molar-refractivity contribution < 1.29 is 0 Å². The molecule has 1 heterocycles. The molecule has 2 rings (SSSR count). The van der Waals surface area contributed by atoms with Gasteiger partial charge in [-0.2, -0.15) is 0 Å². The second kappa shape index (κ2) is 6.72. The molecular formula is C18H25N3. The van der Waals surface area contributed by atoms with Crippen molar-refractivity contribution in [2.75, 3.05) is 12.3 Å². The van der Waals surface area contributed by atoms with Crippen LogP contribution in [0.15, 0.2) is 30.5 Å². The van der Waals surface area contributed by atoms with E-state index in [1.54, 1.807) is 0 Å². The van der Waals surface area contributed by atoms with Crippen LogP contribution in [-0.4, -0.2) is 11.5 Å². The van der Waals surface area contributed by atoms with E-state index in [0.717, 1.165) is 24.1 Å². The lowest BCUT2D eigenvalue weighted by Gasteiger charge is -2.20. The zero-order valence-corrected chi connectivity index (χ0v) is 13.4. The summed E-state index contributed by atoms with van der Waals surface area (Å²) < 4.78 is 0. The van der Waals surface area contributed by atoms with E-state index >= 15 is 0 Å². The largest absolute Gasteiger partial charge is 0.383 e. The fourth-order valence-electron chi connectivity index (χ4n) is 2.84. The quantitative estimate of drug-likeness (QED) is 0.883. The minimum atomic E-state index is 0.198. The third-order valence-electron chi connectivity index (χ3n) is 3.63. The van der Waals surface area contributed by atoms with Gasteiger partial charge in [0.1, 0.15) is 5.82 Å². The van der Waals surface area contributed by atoms with Gasteiger partial charge in [0.2, 0.25) is 0 Å². The van der Waals surface area contributed by atoms with Gasteiger partial charge < -0.3 is 11.1 Å². The number of anilines is 1. The Hall–Kier alpha value is -1.87. The van der Waals surface area contributed by atoms with E-state index in [9.17, 15) is 0 Å². The van der Waals surface area contributed by atoms with Crippen LogP contribution >= 0.6 is 0 Å². The van der Waals surface area contributed by atoms with Crippen molar-refractivity contribution in [2.45, 2.75) is 40.2 Å². The number of aryl methyl sites for hydroxylation is 3. The molecular weight excluding hydrogens is 258 g/mol. The van der Waals surface area contributed by atoms with Gasteiger partial charge in [-0.15, -0.1) is 0 Å². The van der Waals surface area contributed by atoms with E-state index in [2.05, 4.69) is 62.3 Å². The Bertz CT molecular complexity index is 600. The Morgan fingerprint density at radius 1 is 1.05 bits per heavy atom. The molecule has 1 aromatic heterocycles. The highest BCUT2D eigenvalue weighted by atomic mass is 14.9.